The summed E-state index contributed by atoms with van der Waals surface area (Å²) in [7, 11) is 0. The van der Waals surface area contributed by atoms with E-state index >= 15 is 0 Å². The van der Waals surface area contributed by atoms with Crippen molar-refractivity contribution in [2.45, 2.75) is 28.5 Å². The molecule has 2 aromatic rings. The number of anilines is 1. The van der Waals surface area contributed by atoms with Crippen LogP contribution in [0, 0.1) is 27.9 Å². The van der Waals surface area contributed by atoms with Crippen LogP contribution in [0.2, 0.25) is 0 Å². The summed E-state index contributed by atoms with van der Waals surface area (Å²) >= 11 is 17.4. The second-order valence-corrected chi connectivity index (χ2v) is 12.1. The van der Waals surface area contributed by atoms with Crippen LogP contribution in [-0.2, 0) is 19.2 Å². The van der Waals surface area contributed by atoms with Gasteiger partial charge in [0.25, 0.3) is 17.5 Å². The van der Waals surface area contributed by atoms with Crippen LogP contribution in [0.15, 0.2) is 60.2 Å². The predicted octanol–water partition coefficient (Wildman–Crippen LogP) is 4.22. The van der Waals surface area contributed by atoms with Gasteiger partial charge in [0, 0.05) is 18.1 Å². The van der Waals surface area contributed by atoms with Crippen molar-refractivity contribution in [1.82, 2.24) is 4.90 Å². The van der Waals surface area contributed by atoms with E-state index in [4.69, 9.17) is 23.2 Å². The number of non-ortho nitro benzene ring substituents is 1. The third-order valence-corrected chi connectivity index (χ3v) is 10.5. The molecule has 10 nitrogen and oxygen atoms in total. The lowest BCUT2D eigenvalue weighted by molar-refractivity contribution is -0.384. The van der Waals surface area contributed by atoms with Crippen LogP contribution in [-0.4, -0.2) is 53.8 Å². The van der Waals surface area contributed by atoms with Gasteiger partial charge in [-0.3, -0.25) is 34.2 Å². The minimum Gasteiger partial charge on any atom is -0.508 e. The molecule has 40 heavy (non-hydrogen) atoms. The molecule has 4 amide bonds. The first kappa shape index (κ1) is 26.9. The Kier molecular flexibility index (Phi) is 6.14. The van der Waals surface area contributed by atoms with E-state index in [9.17, 15) is 34.4 Å². The van der Waals surface area contributed by atoms with Crippen molar-refractivity contribution in [2.75, 3.05) is 10.4 Å². The van der Waals surface area contributed by atoms with Gasteiger partial charge >= 0.3 is 0 Å². The summed E-state index contributed by atoms with van der Waals surface area (Å²) in [5.41, 5.74) is 0.795. The number of allylic oxidation sites excluding steroid dienone is 2. The zero-order valence-corrected chi connectivity index (χ0v) is 23.6. The SMILES string of the molecule is O=C1[C@H]2[C@H](CC=C3[C@H]2C[C@@]2(Cl)C(=O)N(CBr)C(=O)[C@@]2(Cl)[C@H]3c2ccc(O)cc2)C(=O)N1c1cccc([N+](=O)[O-])c1. The van der Waals surface area contributed by atoms with Crippen LogP contribution < -0.4 is 4.90 Å². The summed E-state index contributed by atoms with van der Waals surface area (Å²) in [6, 6.07) is 11.3. The van der Waals surface area contributed by atoms with E-state index in [0.717, 1.165) is 9.80 Å². The van der Waals surface area contributed by atoms with Gasteiger partial charge in [-0.1, -0.05) is 45.8 Å². The van der Waals surface area contributed by atoms with Crippen molar-refractivity contribution >= 4 is 74.1 Å². The van der Waals surface area contributed by atoms with Crippen molar-refractivity contribution in [3.8, 4) is 5.75 Å². The van der Waals surface area contributed by atoms with E-state index in [1.54, 1.807) is 18.2 Å². The van der Waals surface area contributed by atoms with Crippen molar-refractivity contribution in [3.05, 3.63) is 75.9 Å². The lowest BCUT2D eigenvalue weighted by Gasteiger charge is -2.50. The van der Waals surface area contributed by atoms with Crippen LogP contribution in [0.3, 0.4) is 0 Å². The van der Waals surface area contributed by atoms with E-state index < -0.39 is 62.0 Å². The summed E-state index contributed by atoms with van der Waals surface area (Å²) in [4.78, 5) is 63.6. The number of imide groups is 2. The van der Waals surface area contributed by atoms with E-state index in [-0.39, 0.29) is 35.4 Å². The molecule has 2 saturated heterocycles. The minimum absolute atomic E-state index is 0.0189. The fourth-order valence-corrected chi connectivity index (χ4v) is 8.22. The molecule has 2 aliphatic carbocycles. The summed E-state index contributed by atoms with van der Waals surface area (Å²) in [6.45, 7) is 0. The molecule has 6 atom stereocenters. The molecule has 206 valence electrons. The molecule has 4 aliphatic rings. The topological polar surface area (TPSA) is 138 Å². The highest BCUT2D eigenvalue weighted by Crippen LogP contribution is 2.65. The second-order valence-electron chi connectivity index (χ2n) is 10.4. The maximum Gasteiger partial charge on any atom is 0.271 e. The Morgan fingerprint density at radius 3 is 2.38 bits per heavy atom. The number of carbonyl (C=O) groups excluding carboxylic acids is 4. The number of benzene rings is 2. The highest BCUT2D eigenvalue weighted by atomic mass is 79.9. The number of likely N-dealkylation sites (tertiary alicyclic amines) is 1. The molecule has 6 rings (SSSR count). The zero-order valence-electron chi connectivity index (χ0n) is 20.5. The highest BCUT2D eigenvalue weighted by Gasteiger charge is 2.76. The first-order chi connectivity index (χ1) is 19.0. The number of hydrogen-bond acceptors (Lipinski definition) is 7. The normalized spacial score (nSPS) is 33.0. The van der Waals surface area contributed by atoms with Gasteiger partial charge in [0.1, 0.15) is 5.75 Å². The number of alkyl halides is 3. The molecule has 0 radical (unpaired) electrons. The van der Waals surface area contributed by atoms with Gasteiger partial charge in [-0.15, -0.1) is 23.2 Å². The maximum atomic E-state index is 13.9. The number of fused-ring (bicyclic) bond motifs is 4. The maximum absolute atomic E-state index is 13.9. The largest absolute Gasteiger partial charge is 0.508 e. The third kappa shape index (κ3) is 3.40. The van der Waals surface area contributed by atoms with E-state index in [2.05, 4.69) is 15.9 Å². The number of amides is 4. The molecule has 1 saturated carbocycles. The van der Waals surface area contributed by atoms with Gasteiger partial charge in [0.2, 0.25) is 11.8 Å². The number of nitro groups is 1. The van der Waals surface area contributed by atoms with Crippen LogP contribution >= 0.6 is 39.1 Å². The number of phenolic OH excluding ortho intramolecular Hbond substituents is 1. The Hall–Kier alpha value is -3.28. The molecule has 3 fully saturated rings. The van der Waals surface area contributed by atoms with Gasteiger partial charge in [0.15, 0.2) is 9.75 Å². The van der Waals surface area contributed by atoms with Crippen LogP contribution in [0.25, 0.3) is 0 Å². The van der Waals surface area contributed by atoms with E-state index in [1.165, 1.54) is 36.4 Å². The molecule has 0 aromatic heterocycles. The number of hydrogen-bond donors (Lipinski definition) is 1. The number of phenols is 1. The third-order valence-electron chi connectivity index (χ3n) is 8.54. The van der Waals surface area contributed by atoms with E-state index in [1.807, 2.05) is 0 Å². The number of halogens is 3. The fourth-order valence-electron chi connectivity index (χ4n) is 6.79. The van der Waals surface area contributed by atoms with E-state index in [0.29, 0.717) is 11.1 Å². The number of carbonyl (C=O) groups is 4. The number of aromatic hydroxyl groups is 1. The van der Waals surface area contributed by atoms with Crippen LogP contribution in [0.1, 0.15) is 24.3 Å². The molecular formula is C27H20BrCl2N3O7. The molecule has 2 aromatic carbocycles. The standard InChI is InChI=1S/C27H20BrCl2N3O7/c28-12-31-24(37)26(29)11-19-17(21(27(26,30)25(31)38)13-4-6-16(34)7-5-13)8-9-18-20(19)23(36)32(22(18)35)14-2-1-3-15(10-14)33(39)40/h1-8,10,18-21,34H,9,11-12H2/t18-,19+,20-,21-,26+,27-/m0/s1. The molecule has 13 heteroatoms. The summed E-state index contributed by atoms with van der Waals surface area (Å²) in [5, 5.41) is 21.2. The van der Waals surface area contributed by atoms with Gasteiger partial charge in [0.05, 0.1) is 27.9 Å². The minimum atomic E-state index is -1.94. The molecule has 0 bridgehead atoms. The molecule has 1 N–H and O–H groups in total. The molecule has 2 heterocycles. The fraction of sp³-hybridized carbons (Fsp3) is 0.333. The van der Waals surface area contributed by atoms with Crippen LogP contribution in [0.5, 0.6) is 5.75 Å². The quantitative estimate of drug-likeness (QED) is 0.131. The zero-order chi connectivity index (χ0) is 28.7. The Labute approximate surface area is 245 Å². The lowest BCUT2D eigenvalue weighted by Crippen LogP contribution is -2.60. The molecule has 2 aliphatic heterocycles. The number of nitro benzene ring substituents is 1. The van der Waals surface area contributed by atoms with Crippen molar-refractivity contribution in [3.63, 3.8) is 0 Å². The summed E-state index contributed by atoms with van der Waals surface area (Å²) < 4.78 is 0. The smallest absolute Gasteiger partial charge is 0.271 e. The molecular weight excluding hydrogens is 629 g/mol. The Morgan fingerprint density at radius 2 is 1.73 bits per heavy atom. The van der Waals surface area contributed by atoms with Crippen molar-refractivity contribution in [2.24, 2.45) is 17.8 Å². The van der Waals surface area contributed by atoms with Gasteiger partial charge in [-0.05, 0) is 42.5 Å². The monoisotopic (exact) mass is 647 g/mol. The first-order valence-electron chi connectivity index (χ1n) is 12.4. The average molecular weight is 649 g/mol. The van der Waals surface area contributed by atoms with Crippen molar-refractivity contribution in [1.29, 1.82) is 0 Å². The Bertz CT molecular complexity index is 1550. The number of nitrogens with zero attached hydrogens (tertiary/aromatic N) is 3. The Balaban J connectivity index is 1.49. The molecule has 0 spiro atoms. The number of rotatable bonds is 4. The highest BCUT2D eigenvalue weighted by molar-refractivity contribution is 9.09. The second kappa shape index (κ2) is 9.12. The average Bonchev–Trinajstić information content (AvgIpc) is 3.27. The first-order valence-corrected chi connectivity index (χ1v) is 14.2. The van der Waals surface area contributed by atoms with Crippen molar-refractivity contribution < 1.29 is 29.2 Å². The van der Waals surface area contributed by atoms with Gasteiger partial charge in [-0.25, -0.2) is 4.90 Å². The Morgan fingerprint density at radius 1 is 1.02 bits per heavy atom. The van der Waals surface area contributed by atoms with Gasteiger partial charge < -0.3 is 5.11 Å². The summed E-state index contributed by atoms with van der Waals surface area (Å²) in [5.74, 6) is -5.86. The molecule has 0 unspecified atom stereocenters. The van der Waals surface area contributed by atoms with Crippen LogP contribution in [0.4, 0.5) is 11.4 Å². The van der Waals surface area contributed by atoms with Gasteiger partial charge in [-0.2, -0.15) is 0 Å². The summed E-state index contributed by atoms with van der Waals surface area (Å²) in [6.07, 6.45) is 1.78. The predicted molar refractivity (Wildman–Crippen MR) is 147 cm³/mol. The lowest BCUT2D eigenvalue weighted by atomic mass is 9.56.